The van der Waals surface area contributed by atoms with Gasteiger partial charge in [-0.1, -0.05) is 30.1 Å². The van der Waals surface area contributed by atoms with E-state index in [0.717, 1.165) is 19.0 Å². The molecule has 20 heavy (non-hydrogen) atoms. The fourth-order valence-corrected chi connectivity index (χ4v) is 3.14. The minimum atomic E-state index is -3.84. The van der Waals surface area contributed by atoms with Gasteiger partial charge >= 0.3 is 0 Å². The Kier molecular flexibility index (Phi) is 8.97. The SMILES string of the molecule is CCCNCCNS(=O)(=O)c1ccc(Cl)c(F)c1Cl.Cl. The Hall–Kier alpha value is -0.110. The molecule has 1 aromatic rings. The second-order valence-corrected chi connectivity index (χ2v) is 6.34. The van der Waals surface area contributed by atoms with Gasteiger partial charge in [0.1, 0.15) is 4.90 Å². The van der Waals surface area contributed by atoms with E-state index in [0.29, 0.717) is 6.54 Å². The fourth-order valence-electron chi connectivity index (χ4n) is 1.37. The van der Waals surface area contributed by atoms with Gasteiger partial charge in [-0.3, -0.25) is 0 Å². The van der Waals surface area contributed by atoms with Crippen LogP contribution in [0.5, 0.6) is 0 Å². The van der Waals surface area contributed by atoms with E-state index in [2.05, 4.69) is 10.0 Å². The van der Waals surface area contributed by atoms with Crippen LogP contribution in [0.2, 0.25) is 10.0 Å². The molecule has 0 saturated heterocycles. The number of rotatable bonds is 7. The maximum absolute atomic E-state index is 13.4. The van der Waals surface area contributed by atoms with E-state index < -0.39 is 20.9 Å². The van der Waals surface area contributed by atoms with Crippen LogP contribution < -0.4 is 10.0 Å². The van der Waals surface area contributed by atoms with Crippen molar-refractivity contribution in [1.82, 2.24) is 10.0 Å². The van der Waals surface area contributed by atoms with Crippen LogP contribution in [0.1, 0.15) is 13.3 Å². The molecule has 0 aliphatic carbocycles. The summed E-state index contributed by atoms with van der Waals surface area (Å²) in [6.07, 6.45) is 0.959. The van der Waals surface area contributed by atoms with Gasteiger partial charge in [0.05, 0.1) is 10.0 Å². The molecule has 0 unspecified atom stereocenters. The summed E-state index contributed by atoms with van der Waals surface area (Å²) in [6, 6.07) is 2.34. The molecule has 1 aromatic carbocycles. The van der Waals surface area contributed by atoms with Crippen LogP contribution in [0.3, 0.4) is 0 Å². The average Bonchev–Trinajstić information content (AvgIpc) is 2.35. The zero-order valence-electron chi connectivity index (χ0n) is 10.8. The summed E-state index contributed by atoms with van der Waals surface area (Å²) >= 11 is 11.2. The molecule has 0 spiro atoms. The lowest BCUT2D eigenvalue weighted by molar-refractivity contribution is 0.572. The van der Waals surface area contributed by atoms with Gasteiger partial charge in [-0.05, 0) is 25.1 Å². The number of hydrogen-bond donors (Lipinski definition) is 2. The number of hydrogen-bond acceptors (Lipinski definition) is 3. The maximum Gasteiger partial charge on any atom is 0.242 e. The standard InChI is InChI=1S/C11H15Cl2FN2O2S.ClH/c1-2-5-15-6-7-16-19(17,18)9-4-3-8(12)11(14)10(9)13;/h3-4,15-16H,2,5-7H2,1H3;1H. The van der Waals surface area contributed by atoms with Crippen molar-refractivity contribution in [2.45, 2.75) is 18.2 Å². The van der Waals surface area contributed by atoms with E-state index >= 15 is 0 Å². The molecule has 116 valence electrons. The molecular weight excluding hydrogens is 350 g/mol. The number of sulfonamides is 1. The lowest BCUT2D eigenvalue weighted by Crippen LogP contribution is -2.32. The number of nitrogens with one attached hydrogen (secondary N) is 2. The maximum atomic E-state index is 13.4. The van der Waals surface area contributed by atoms with Gasteiger partial charge in [-0.2, -0.15) is 0 Å². The van der Waals surface area contributed by atoms with Gasteiger partial charge in [0.15, 0.2) is 5.82 Å². The first-order valence-electron chi connectivity index (χ1n) is 5.74. The normalized spacial score (nSPS) is 11.2. The molecule has 4 nitrogen and oxygen atoms in total. The summed E-state index contributed by atoms with van der Waals surface area (Å²) in [5.74, 6) is -0.935. The molecule has 0 radical (unpaired) electrons. The molecule has 9 heteroatoms. The van der Waals surface area contributed by atoms with Crippen molar-refractivity contribution >= 4 is 45.6 Å². The summed E-state index contributed by atoms with van der Waals surface area (Å²) in [5, 5.41) is 2.33. The minimum Gasteiger partial charge on any atom is -0.315 e. The highest BCUT2D eigenvalue weighted by Gasteiger charge is 2.21. The van der Waals surface area contributed by atoms with Crippen molar-refractivity contribution in [3.63, 3.8) is 0 Å². The Bertz CT molecular complexity index is 541. The first kappa shape index (κ1) is 19.9. The average molecular weight is 366 g/mol. The first-order valence-corrected chi connectivity index (χ1v) is 7.98. The smallest absolute Gasteiger partial charge is 0.242 e. The van der Waals surface area contributed by atoms with Crippen LogP contribution in [0.25, 0.3) is 0 Å². The van der Waals surface area contributed by atoms with E-state index in [4.69, 9.17) is 23.2 Å². The molecule has 0 aliphatic heterocycles. The molecule has 0 amide bonds. The van der Waals surface area contributed by atoms with Crippen molar-refractivity contribution in [2.75, 3.05) is 19.6 Å². The van der Waals surface area contributed by atoms with E-state index in [1.807, 2.05) is 6.92 Å². The van der Waals surface area contributed by atoms with Crippen molar-refractivity contribution in [3.05, 3.63) is 28.0 Å². The van der Waals surface area contributed by atoms with Crippen LogP contribution >= 0.6 is 35.6 Å². The molecule has 0 saturated carbocycles. The monoisotopic (exact) mass is 364 g/mol. The zero-order valence-corrected chi connectivity index (χ0v) is 13.9. The van der Waals surface area contributed by atoms with Gasteiger partial charge < -0.3 is 5.32 Å². The van der Waals surface area contributed by atoms with Crippen molar-refractivity contribution in [2.24, 2.45) is 0 Å². The molecule has 0 fully saturated rings. The molecule has 1 rings (SSSR count). The fraction of sp³-hybridized carbons (Fsp3) is 0.455. The Morgan fingerprint density at radius 1 is 1.20 bits per heavy atom. The van der Waals surface area contributed by atoms with E-state index in [-0.39, 0.29) is 28.9 Å². The molecule has 0 atom stereocenters. The molecule has 0 aliphatic rings. The lowest BCUT2D eigenvalue weighted by Gasteiger charge is -2.09. The number of benzene rings is 1. The molecule has 0 heterocycles. The summed E-state index contributed by atoms with van der Waals surface area (Å²) in [6.45, 7) is 3.50. The summed E-state index contributed by atoms with van der Waals surface area (Å²) in [5.41, 5.74) is 0. The molecule has 0 aromatic heterocycles. The highest BCUT2D eigenvalue weighted by molar-refractivity contribution is 7.89. The van der Waals surface area contributed by atoms with Gasteiger partial charge in [0.25, 0.3) is 0 Å². The van der Waals surface area contributed by atoms with Gasteiger partial charge in [-0.25, -0.2) is 17.5 Å². The van der Waals surface area contributed by atoms with Crippen LogP contribution in [0, 0.1) is 5.82 Å². The molecular formula is C11H16Cl3FN2O2S. The third-order valence-corrected chi connectivity index (χ3v) is 4.59. The summed E-state index contributed by atoms with van der Waals surface area (Å²) in [7, 11) is -3.84. The Morgan fingerprint density at radius 3 is 2.45 bits per heavy atom. The van der Waals surface area contributed by atoms with Crippen LogP contribution in [-0.4, -0.2) is 28.1 Å². The molecule has 0 bridgehead atoms. The summed E-state index contributed by atoms with van der Waals surface area (Å²) < 4.78 is 39.6. The second kappa shape index (κ2) is 9.02. The predicted molar refractivity (Wildman–Crippen MR) is 82.0 cm³/mol. The highest BCUT2D eigenvalue weighted by atomic mass is 35.5. The predicted octanol–water partition coefficient (Wildman–Crippen LogP) is 2.83. The van der Waals surface area contributed by atoms with Crippen molar-refractivity contribution in [3.8, 4) is 0 Å². The van der Waals surface area contributed by atoms with Crippen molar-refractivity contribution in [1.29, 1.82) is 0 Å². The van der Waals surface area contributed by atoms with E-state index in [9.17, 15) is 12.8 Å². The van der Waals surface area contributed by atoms with Crippen LogP contribution in [0.4, 0.5) is 4.39 Å². The largest absolute Gasteiger partial charge is 0.315 e. The van der Waals surface area contributed by atoms with Gasteiger partial charge in [-0.15, -0.1) is 12.4 Å². The topological polar surface area (TPSA) is 58.2 Å². The van der Waals surface area contributed by atoms with E-state index in [1.165, 1.54) is 6.07 Å². The first-order chi connectivity index (χ1) is 8.90. The Labute approximate surface area is 134 Å². The zero-order chi connectivity index (χ0) is 14.5. The van der Waals surface area contributed by atoms with Crippen LogP contribution in [0.15, 0.2) is 17.0 Å². The van der Waals surface area contributed by atoms with Crippen molar-refractivity contribution < 1.29 is 12.8 Å². The second-order valence-electron chi connectivity index (χ2n) is 3.82. The third kappa shape index (κ3) is 5.35. The van der Waals surface area contributed by atoms with Gasteiger partial charge in [0.2, 0.25) is 10.0 Å². The summed E-state index contributed by atoms with van der Waals surface area (Å²) in [4.78, 5) is -0.313. The number of halogens is 4. The Balaban J connectivity index is 0.00000361. The quantitative estimate of drug-likeness (QED) is 0.577. The van der Waals surface area contributed by atoms with E-state index in [1.54, 1.807) is 0 Å². The lowest BCUT2D eigenvalue weighted by atomic mass is 10.3. The Morgan fingerprint density at radius 2 is 1.85 bits per heavy atom. The highest BCUT2D eigenvalue weighted by Crippen LogP contribution is 2.29. The minimum absolute atomic E-state index is 0. The molecule has 2 N–H and O–H groups in total. The van der Waals surface area contributed by atoms with Crippen LogP contribution in [-0.2, 0) is 10.0 Å². The van der Waals surface area contributed by atoms with Gasteiger partial charge in [0, 0.05) is 13.1 Å². The third-order valence-electron chi connectivity index (χ3n) is 2.31.